The van der Waals surface area contributed by atoms with Crippen molar-refractivity contribution < 1.29 is 14.3 Å². The lowest BCUT2D eigenvalue weighted by Gasteiger charge is -2.26. The van der Waals surface area contributed by atoms with Crippen molar-refractivity contribution in [2.24, 2.45) is 0 Å². The summed E-state index contributed by atoms with van der Waals surface area (Å²) in [5.74, 6) is 0.500. The number of methoxy groups -OCH3 is 1. The molecule has 0 radical (unpaired) electrons. The van der Waals surface area contributed by atoms with Crippen molar-refractivity contribution in [3.05, 3.63) is 64.7 Å². The average Bonchev–Trinajstić information content (AvgIpc) is 3.13. The second kappa shape index (κ2) is 8.00. The summed E-state index contributed by atoms with van der Waals surface area (Å²) in [4.78, 5) is 17.1. The predicted molar refractivity (Wildman–Crippen MR) is 111 cm³/mol. The number of hydrogen-bond donors (Lipinski definition) is 2. The van der Waals surface area contributed by atoms with Gasteiger partial charge in [0, 0.05) is 35.7 Å². The van der Waals surface area contributed by atoms with Crippen molar-refractivity contribution in [2.75, 3.05) is 24.4 Å². The summed E-state index contributed by atoms with van der Waals surface area (Å²) < 4.78 is 11.3. The molecular weight excluding hydrogens is 374 g/mol. The van der Waals surface area contributed by atoms with Crippen LogP contribution in [-0.2, 0) is 4.74 Å². The van der Waals surface area contributed by atoms with Crippen LogP contribution in [0.3, 0.4) is 0 Å². The molecule has 0 saturated heterocycles. The highest BCUT2D eigenvalue weighted by Crippen LogP contribution is 2.39. The van der Waals surface area contributed by atoms with Crippen LogP contribution in [0.25, 0.3) is 0 Å². The molecule has 4 rings (SSSR count). The smallest absolute Gasteiger partial charge is 0.255 e. The van der Waals surface area contributed by atoms with Gasteiger partial charge in [-0.15, -0.1) is 11.3 Å². The first-order valence-corrected chi connectivity index (χ1v) is 9.91. The number of fused-ring (bicyclic) bond motifs is 1. The van der Waals surface area contributed by atoms with E-state index in [-0.39, 0.29) is 12.0 Å². The molecule has 2 N–H and O–H groups in total. The monoisotopic (exact) mass is 395 g/mol. The van der Waals surface area contributed by atoms with Crippen LogP contribution in [0.5, 0.6) is 5.75 Å². The van der Waals surface area contributed by atoms with Gasteiger partial charge in [0.2, 0.25) is 0 Å². The van der Waals surface area contributed by atoms with Gasteiger partial charge in [0.1, 0.15) is 5.75 Å². The Bertz CT molecular complexity index is 985. The van der Waals surface area contributed by atoms with Crippen molar-refractivity contribution in [3.8, 4) is 5.75 Å². The van der Waals surface area contributed by atoms with Crippen LogP contribution in [0.15, 0.2) is 47.8 Å². The van der Waals surface area contributed by atoms with E-state index in [2.05, 4.69) is 15.6 Å². The summed E-state index contributed by atoms with van der Waals surface area (Å²) in [5.41, 5.74) is 4.05. The minimum atomic E-state index is -0.187. The van der Waals surface area contributed by atoms with E-state index in [1.807, 2.05) is 42.6 Å². The lowest BCUT2D eigenvalue weighted by molar-refractivity contribution is 0.0639. The summed E-state index contributed by atoms with van der Waals surface area (Å²) in [7, 11) is 1.69. The number of ether oxygens (including phenoxy) is 2. The fraction of sp³-hybridized carbons (Fsp3) is 0.238. The number of para-hydroxylation sites is 1. The van der Waals surface area contributed by atoms with Gasteiger partial charge < -0.3 is 20.1 Å². The number of aryl methyl sites for hydroxylation is 1. The van der Waals surface area contributed by atoms with E-state index < -0.39 is 0 Å². The van der Waals surface area contributed by atoms with E-state index in [0.29, 0.717) is 23.6 Å². The maximum Gasteiger partial charge on any atom is 0.255 e. The van der Waals surface area contributed by atoms with E-state index in [9.17, 15) is 4.79 Å². The first-order chi connectivity index (χ1) is 13.6. The van der Waals surface area contributed by atoms with Crippen LogP contribution < -0.4 is 15.4 Å². The van der Waals surface area contributed by atoms with Crippen molar-refractivity contribution in [1.82, 2.24) is 4.98 Å². The van der Waals surface area contributed by atoms with Crippen LogP contribution in [0, 0.1) is 6.92 Å². The summed E-state index contributed by atoms with van der Waals surface area (Å²) in [6.07, 6.45) is 0.786. The van der Waals surface area contributed by atoms with Crippen molar-refractivity contribution >= 4 is 33.8 Å². The molecule has 2 aromatic carbocycles. The molecule has 1 aromatic heterocycles. The molecule has 144 valence electrons. The minimum Gasteiger partial charge on any atom is -0.491 e. The number of nitrogens with zero attached hydrogens (tertiary/aromatic N) is 1. The second-order valence-corrected chi connectivity index (χ2v) is 7.39. The summed E-state index contributed by atoms with van der Waals surface area (Å²) in [5, 5.41) is 9.00. The molecule has 0 saturated carbocycles. The second-order valence-electron chi connectivity index (χ2n) is 6.54. The molecule has 1 atom stereocenters. The number of hydrogen-bond acceptors (Lipinski definition) is 6. The molecule has 1 aliphatic rings. The molecule has 0 spiro atoms. The Labute approximate surface area is 167 Å². The molecule has 3 aromatic rings. The van der Waals surface area contributed by atoms with E-state index in [1.54, 1.807) is 30.6 Å². The molecule has 2 heterocycles. The number of carbonyl (C=O) groups is 1. The van der Waals surface area contributed by atoms with E-state index >= 15 is 0 Å². The number of nitrogens with one attached hydrogen (secondary N) is 2. The van der Waals surface area contributed by atoms with Gasteiger partial charge in [-0.1, -0.05) is 12.1 Å². The molecule has 7 heteroatoms. The normalized spacial score (nSPS) is 15.4. The van der Waals surface area contributed by atoms with Gasteiger partial charge in [-0.05, 0) is 37.3 Å². The summed E-state index contributed by atoms with van der Waals surface area (Å²) >= 11 is 1.55. The lowest BCUT2D eigenvalue weighted by atomic mass is 10.0. The molecule has 0 bridgehead atoms. The molecule has 0 aliphatic carbocycles. The standard InChI is InChI=1S/C21H21N3O3S/c1-13-12-28-21(22-13)23-15-8-6-14(7-9-15)20(25)24-17-5-3-4-16-18(26-2)10-11-27-19(16)17/h3-9,12,18H,10-11H2,1-2H3,(H,22,23)(H,24,25). The summed E-state index contributed by atoms with van der Waals surface area (Å²) in [6, 6.07) is 13.0. The fourth-order valence-electron chi connectivity index (χ4n) is 3.17. The maximum atomic E-state index is 12.7. The van der Waals surface area contributed by atoms with Crippen LogP contribution in [-0.4, -0.2) is 24.6 Å². The zero-order chi connectivity index (χ0) is 19.5. The van der Waals surface area contributed by atoms with Gasteiger partial charge in [0.25, 0.3) is 5.91 Å². The Hall–Kier alpha value is -2.90. The van der Waals surface area contributed by atoms with Gasteiger partial charge in [-0.25, -0.2) is 4.98 Å². The third-order valence-corrected chi connectivity index (χ3v) is 5.44. The number of carbonyl (C=O) groups excluding carboxylic acids is 1. The van der Waals surface area contributed by atoms with E-state index in [0.717, 1.165) is 28.5 Å². The minimum absolute atomic E-state index is 0.0135. The predicted octanol–water partition coefficient (Wildman–Crippen LogP) is 4.92. The van der Waals surface area contributed by atoms with Crippen LogP contribution in [0.2, 0.25) is 0 Å². The highest BCUT2D eigenvalue weighted by Gasteiger charge is 2.24. The Morgan fingerprint density at radius 1 is 1.25 bits per heavy atom. The molecule has 1 unspecified atom stereocenters. The van der Waals surface area contributed by atoms with Gasteiger partial charge >= 0.3 is 0 Å². The topological polar surface area (TPSA) is 72.5 Å². The highest BCUT2D eigenvalue weighted by atomic mass is 32.1. The lowest BCUT2D eigenvalue weighted by Crippen LogP contribution is -2.19. The highest BCUT2D eigenvalue weighted by molar-refractivity contribution is 7.13. The SMILES string of the molecule is COC1CCOc2c(NC(=O)c3ccc(Nc4nc(C)cs4)cc3)cccc21. The summed E-state index contributed by atoms with van der Waals surface area (Å²) in [6.45, 7) is 2.52. The number of anilines is 3. The van der Waals surface area contributed by atoms with Gasteiger partial charge in [-0.3, -0.25) is 4.79 Å². The third-order valence-electron chi connectivity index (χ3n) is 4.57. The first-order valence-electron chi connectivity index (χ1n) is 9.03. The van der Waals surface area contributed by atoms with Crippen molar-refractivity contribution in [2.45, 2.75) is 19.4 Å². The Kier molecular flexibility index (Phi) is 5.27. The van der Waals surface area contributed by atoms with Gasteiger partial charge in [-0.2, -0.15) is 0 Å². The Morgan fingerprint density at radius 3 is 2.79 bits per heavy atom. The molecule has 1 amide bonds. The fourth-order valence-corrected chi connectivity index (χ4v) is 3.88. The number of benzene rings is 2. The number of amides is 1. The Balaban J connectivity index is 1.48. The maximum absolute atomic E-state index is 12.7. The quantitative estimate of drug-likeness (QED) is 0.642. The number of thiazole rings is 1. The zero-order valence-electron chi connectivity index (χ0n) is 15.7. The largest absolute Gasteiger partial charge is 0.491 e. The van der Waals surface area contributed by atoms with E-state index in [4.69, 9.17) is 9.47 Å². The average molecular weight is 395 g/mol. The molecular formula is C21H21N3O3S. The van der Waals surface area contributed by atoms with Gasteiger partial charge in [0.15, 0.2) is 5.13 Å². The van der Waals surface area contributed by atoms with Crippen LogP contribution in [0.4, 0.5) is 16.5 Å². The Morgan fingerprint density at radius 2 is 2.07 bits per heavy atom. The number of rotatable bonds is 5. The molecule has 28 heavy (non-hydrogen) atoms. The van der Waals surface area contributed by atoms with Crippen LogP contribution >= 0.6 is 11.3 Å². The van der Waals surface area contributed by atoms with Gasteiger partial charge in [0.05, 0.1) is 24.1 Å². The molecule has 1 aliphatic heterocycles. The first kappa shape index (κ1) is 18.5. The molecule has 6 nitrogen and oxygen atoms in total. The third kappa shape index (κ3) is 3.85. The zero-order valence-corrected chi connectivity index (χ0v) is 16.5. The van der Waals surface area contributed by atoms with Crippen molar-refractivity contribution in [1.29, 1.82) is 0 Å². The van der Waals surface area contributed by atoms with Crippen molar-refractivity contribution in [3.63, 3.8) is 0 Å². The molecule has 0 fully saturated rings. The van der Waals surface area contributed by atoms with E-state index in [1.165, 1.54) is 0 Å². The number of aromatic nitrogens is 1. The van der Waals surface area contributed by atoms with Crippen LogP contribution in [0.1, 0.15) is 34.1 Å².